The molecule has 0 bridgehead atoms. The minimum atomic E-state index is 0.877. The van der Waals surface area contributed by atoms with Crippen molar-refractivity contribution in [3.8, 4) is 0 Å². The van der Waals surface area contributed by atoms with E-state index < -0.39 is 0 Å². The molecule has 1 fully saturated rings. The number of aromatic nitrogens is 1. The lowest BCUT2D eigenvalue weighted by molar-refractivity contribution is 0.338. The molecular formula is C21H26N2. The first kappa shape index (κ1) is 15.8. The van der Waals surface area contributed by atoms with Crippen LogP contribution in [0.4, 0.5) is 11.5 Å². The third-order valence-corrected chi connectivity index (χ3v) is 4.77. The van der Waals surface area contributed by atoms with Gasteiger partial charge >= 0.3 is 0 Å². The monoisotopic (exact) mass is 306 g/mol. The van der Waals surface area contributed by atoms with Crippen molar-refractivity contribution in [1.82, 2.24) is 4.98 Å². The smallest absolute Gasteiger partial charge is 0.137 e. The van der Waals surface area contributed by atoms with Gasteiger partial charge in [-0.1, -0.05) is 62.9 Å². The summed E-state index contributed by atoms with van der Waals surface area (Å²) < 4.78 is 0. The molecule has 0 radical (unpaired) electrons. The molecule has 1 aliphatic carbocycles. The number of hydrogen-bond acceptors (Lipinski definition) is 2. The minimum Gasteiger partial charge on any atom is -0.299 e. The van der Waals surface area contributed by atoms with Gasteiger partial charge in [0, 0.05) is 17.6 Å². The number of pyridine rings is 1. The summed E-state index contributed by atoms with van der Waals surface area (Å²) in [5.74, 6) is 1.83. The molecule has 1 aromatic heterocycles. The van der Waals surface area contributed by atoms with Crippen LogP contribution in [0.3, 0.4) is 0 Å². The SMILES string of the molecule is C=C(CCC1CCCCC1)N(c1ccccc1)c1ccccn1. The van der Waals surface area contributed by atoms with Gasteiger partial charge in [0.25, 0.3) is 0 Å². The molecule has 0 spiro atoms. The first-order valence-electron chi connectivity index (χ1n) is 8.78. The third kappa shape index (κ3) is 4.22. The number of allylic oxidation sites excluding steroid dienone is 1. The second kappa shape index (κ2) is 7.96. The van der Waals surface area contributed by atoms with Gasteiger partial charge in [0.2, 0.25) is 0 Å². The van der Waals surface area contributed by atoms with Gasteiger partial charge in [-0.3, -0.25) is 4.90 Å². The highest BCUT2D eigenvalue weighted by molar-refractivity contribution is 5.64. The standard InChI is InChI=1S/C21H26N2/c1-18(15-16-19-10-4-2-5-11-19)23(20-12-6-3-7-13-20)21-14-8-9-17-22-21/h3,6-9,12-14,17,19H,1-2,4-5,10-11,15-16H2. The number of benzene rings is 1. The highest BCUT2D eigenvalue weighted by Crippen LogP contribution is 2.32. The van der Waals surface area contributed by atoms with E-state index in [9.17, 15) is 0 Å². The van der Waals surface area contributed by atoms with Gasteiger partial charge in [-0.05, 0) is 43.0 Å². The topological polar surface area (TPSA) is 16.1 Å². The summed E-state index contributed by atoms with van der Waals surface area (Å²) in [6, 6.07) is 16.5. The van der Waals surface area contributed by atoms with Crippen LogP contribution in [0.2, 0.25) is 0 Å². The van der Waals surface area contributed by atoms with Crippen LogP contribution in [0, 0.1) is 5.92 Å². The zero-order valence-electron chi connectivity index (χ0n) is 13.8. The van der Waals surface area contributed by atoms with E-state index in [1.54, 1.807) is 0 Å². The molecule has 0 aliphatic heterocycles. The summed E-state index contributed by atoms with van der Waals surface area (Å²) in [5.41, 5.74) is 2.28. The molecule has 2 heteroatoms. The fraction of sp³-hybridized carbons (Fsp3) is 0.381. The molecule has 0 atom stereocenters. The number of anilines is 2. The van der Waals surface area contributed by atoms with Crippen molar-refractivity contribution in [2.75, 3.05) is 4.90 Å². The molecule has 1 heterocycles. The highest BCUT2D eigenvalue weighted by Gasteiger charge is 2.17. The van der Waals surface area contributed by atoms with Crippen molar-refractivity contribution in [2.24, 2.45) is 5.92 Å². The van der Waals surface area contributed by atoms with Crippen LogP contribution in [0.25, 0.3) is 0 Å². The lowest BCUT2D eigenvalue weighted by atomic mass is 9.86. The molecule has 3 rings (SSSR count). The van der Waals surface area contributed by atoms with Crippen molar-refractivity contribution in [2.45, 2.75) is 44.9 Å². The quantitative estimate of drug-likeness (QED) is 0.641. The lowest BCUT2D eigenvalue weighted by Gasteiger charge is -2.28. The molecule has 23 heavy (non-hydrogen) atoms. The Bertz CT molecular complexity index is 561. The maximum atomic E-state index is 4.54. The molecule has 0 N–H and O–H groups in total. The van der Waals surface area contributed by atoms with E-state index in [2.05, 4.69) is 46.8 Å². The van der Waals surface area contributed by atoms with E-state index in [0.717, 1.165) is 29.5 Å². The van der Waals surface area contributed by atoms with Crippen LogP contribution < -0.4 is 4.90 Å². The Balaban J connectivity index is 1.74. The van der Waals surface area contributed by atoms with Crippen molar-refractivity contribution in [3.05, 3.63) is 67.0 Å². The number of nitrogens with zero attached hydrogens (tertiary/aromatic N) is 2. The third-order valence-electron chi connectivity index (χ3n) is 4.77. The van der Waals surface area contributed by atoms with Crippen molar-refractivity contribution in [3.63, 3.8) is 0 Å². The van der Waals surface area contributed by atoms with Crippen LogP contribution in [-0.4, -0.2) is 4.98 Å². The van der Waals surface area contributed by atoms with Gasteiger partial charge in [0.15, 0.2) is 0 Å². The van der Waals surface area contributed by atoms with E-state index >= 15 is 0 Å². The van der Waals surface area contributed by atoms with E-state index in [-0.39, 0.29) is 0 Å². The summed E-state index contributed by atoms with van der Waals surface area (Å²) in [4.78, 5) is 6.73. The van der Waals surface area contributed by atoms with Crippen molar-refractivity contribution in [1.29, 1.82) is 0 Å². The van der Waals surface area contributed by atoms with Crippen LogP contribution >= 0.6 is 0 Å². The van der Waals surface area contributed by atoms with Gasteiger partial charge in [0.1, 0.15) is 5.82 Å². The summed E-state index contributed by atoms with van der Waals surface area (Å²) in [6.07, 6.45) is 11.1. The molecule has 0 unspecified atom stereocenters. The maximum Gasteiger partial charge on any atom is 0.137 e. The van der Waals surface area contributed by atoms with Crippen molar-refractivity contribution < 1.29 is 0 Å². The minimum absolute atomic E-state index is 0.877. The predicted octanol–water partition coefficient (Wildman–Crippen LogP) is 6.09. The van der Waals surface area contributed by atoms with Crippen LogP contribution in [-0.2, 0) is 0 Å². The van der Waals surface area contributed by atoms with Gasteiger partial charge in [0.05, 0.1) is 0 Å². The maximum absolute atomic E-state index is 4.54. The predicted molar refractivity (Wildman–Crippen MR) is 97.8 cm³/mol. The van der Waals surface area contributed by atoms with Crippen LogP contribution in [0.15, 0.2) is 67.0 Å². The lowest BCUT2D eigenvalue weighted by Crippen LogP contribution is -2.18. The number of hydrogen-bond donors (Lipinski definition) is 0. The fourth-order valence-electron chi connectivity index (χ4n) is 3.50. The molecule has 1 saturated carbocycles. The van der Waals surface area contributed by atoms with E-state index in [0.29, 0.717) is 0 Å². The fourth-order valence-corrected chi connectivity index (χ4v) is 3.50. The summed E-state index contributed by atoms with van der Waals surface area (Å²) >= 11 is 0. The highest BCUT2D eigenvalue weighted by atomic mass is 15.2. The second-order valence-corrected chi connectivity index (χ2v) is 6.47. The number of para-hydroxylation sites is 1. The average molecular weight is 306 g/mol. The normalized spacial score (nSPS) is 15.3. The van der Waals surface area contributed by atoms with E-state index in [4.69, 9.17) is 0 Å². The van der Waals surface area contributed by atoms with Gasteiger partial charge in [-0.2, -0.15) is 0 Å². The van der Waals surface area contributed by atoms with Gasteiger partial charge < -0.3 is 0 Å². The Morgan fingerprint density at radius 1 is 1.00 bits per heavy atom. The average Bonchev–Trinajstić information content (AvgIpc) is 2.63. The van der Waals surface area contributed by atoms with Gasteiger partial charge in [-0.25, -0.2) is 4.98 Å². The largest absolute Gasteiger partial charge is 0.299 e. The zero-order valence-corrected chi connectivity index (χ0v) is 13.8. The van der Waals surface area contributed by atoms with E-state index in [1.807, 2.05) is 24.4 Å². The Hall–Kier alpha value is -2.09. The van der Waals surface area contributed by atoms with Gasteiger partial charge in [-0.15, -0.1) is 0 Å². The molecule has 0 amide bonds. The molecule has 2 nitrogen and oxygen atoms in total. The summed E-state index contributed by atoms with van der Waals surface area (Å²) in [5, 5.41) is 0. The zero-order chi connectivity index (χ0) is 15.9. The Morgan fingerprint density at radius 3 is 2.43 bits per heavy atom. The Kier molecular flexibility index (Phi) is 5.46. The number of rotatable bonds is 6. The first-order chi connectivity index (χ1) is 11.3. The Morgan fingerprint density at radius 2 is 1.74 bits per heavy atom. The second-order valence-electron chi connectivity index (χ2n) is 6.47. The summed E-state index contributed by atoms with van der Waals surface area (Å²) in [7, 11) is 0. The van der Waals surface area contributed by atoms with Crippen LogP contribution in [0.1, 0.15) is 44.9 Å². The first-order valence-corrected chi connectivity index (χ1v) is 8.78. The van der Waals surface area contributed by atoms with Crippen molar-refractivity contribution >= 4 is 11.5 Å². The molecule has 1 aliphatic rings. The molecular weight excluding hydrogens is 280 g/mol. The summed E-state index contributed by atoms with van der Waals surface area (Å²) in [6.45, 7) is 4.38. The molecule has 1 aromatic carbocycles. The van der Waals surface area contributed by atoms with Crippen LogP contribution in [0.5, 0.6) is 0 Å². The Labute approximate surface area is 139 Å². The molecule has 0 saturated heterocycles. The molecule has 120 valence electrons. The van der Waals surface area contributed by atoms with E-state index in [1.165, 1.54) is 38.5 Å². The molecule has 2 aromatic rings.